The predicted molar refractivity (Wildman–Crippen MR) is 204 cm³/mol. The van der Waals surface area contributed by atoms with E-state index >= 15 is 0 Å². The zero-order valence-electron chi connectivity index (χ0n) is 33.3. The maximum Gasteiger partial charge on any atom is 0.0466 e. The van der Waals surface area contributed by atoms with E-state index in [0.717, 1.165) is 52.9 Å². The number of hydrogen-bond acceptors (Lipinski definition) is 4. The first-order valence-corrected chi connectivity index (χ1v) is 18.5. The predicted octanol–water partition coefficient (Wildman–Crippen LogP) is 10.8. The molecule has 0 amide bonds. The Morgan fingerprint density at radius 3 is 0.400 bits per heavy atom. The van der Waals surface area contributed by atoms with Crippen LogP contribution in [-0.2, 0) is 18.9 Å². The molecule has 0 spiro atoms. The zero-order chi connectivity index (χ0) is 35.6. The first-order valence-electron chi connectivity index (χ1n) is 18.5. The number of ether oxygens (including phenoxy) is 4. The summed E-state index contributed by atoms with van der Waals surface area (Å²) >= 11 is 0. The minimum Gasteiger partial charge on any atom is -0.381 e. The van der Waals surface area contributed by atoms with Crippen molar-refractivity contribution in [3.05, 3.63) is 111 Å². The second kappa shape index (κ2) is 36.4. The molecule has 7 fully saturated rings. The van der Waals surface area contributed by atoms with Crippen molar-refractivity contribution in [3.63, 3.8) is 0 Å². The molecule has 6 heteroatoms. The monoisotopic (exact) mass is 968 g/mol. The molecule has 0 bridgehead atoms. The van der Waals surface area contributed by atoms with Crippen LogP contribution in [0.1, 0.15) is 121 Å². The van der Waals surface area contributed by atoms with Crippen LogP contribution < -0.4 is 0 Å². The standard InChI is InChI=1S/2C10H15.C8H8.4C4H8O.2Eu/c2*1-6-7(2)9(4)10(5)8(6)3;1-2-4-6-8-7-5-3-1;4*1-2-4-5-3-1;;/h2*1-5H3;1-8H;4*1-4H2;;. The van der Waals surface area contributed by atoms with Crippen molar-refractivity contribution in [2.24, 2.45) is 0 Å². The molecule has 4 saturated heterocycles. The molecule has 4 aliphatic heterocycles. The van der Waals surface area contributed by atoms with Crippen LogP contribution in [0.3, 0.4) is 0 Å². The molecule has 20 radical (unpaired) electrons. The van der Waals surface area contributed by atoms with Crippen LogP contribution in [0, 0.1) is 209 Å². The van der Waals surface area contributed by atoms with E-state index < -0.39 is 0 Å². The van der Waals surface area contributed by atoms with Gasteiger partial charge in [-0.2, -0.15) is 0 Å². The fraction of sp³-hybridized carbons (Fsp3) is 0.591. The molecular weight excluding hydrogens is 896 g/mol. The van der Waals surface area contributed by atoms with Crippen molar-refractivity contribution in [2.45, 2.75) is 121 Å². The van der Waals surface area contributed by atoms with Crippen LogP contribution in [0.5, 0.6) is 0 Å². The maximum absolute atomic E-state index is 4.94. The van der Waals surface area contributed by atoms with Gasteiger partial charge in [-0.25, -0.2) is 0 Å². The average Bonchev–Trinajstić information content (AvgIpc) is 3.95. The summed E-state index contributed by atoms with van der Waals surface area (Å²) in [6, 6.07) is 0. The molecule has 4 heterocycles. The molecule has 4 nitrogen and oxygen atoms in total. The topological polar surface area (TPSA) is 36.9 Å². The Kier molecular flexibility index (Phi) is 40.1. The van der Waals surface area contributed by atoms with Crippen LogP contribution in [0.15, 0.2) is 0 Å². The third-order valence-corrected chi connectivity index (χ3v) is 9.82. The minimum atomic E-state index is 0. The van der Waals surface area contributed by atoms with E-state index in [4.69, 9.17) is 18.9 Å². The van der Waals surface area contributed by atoms with Gasteiger partial charge in [-0.3, -0.25) is 0 Å². The Bertz CT molecular complexity index is 481. The molecule has 284 valence electrons. The Labute approximate surface area is 396 Å². The van der Waals surface area contributed by atoms with Crippen LogP contribution in [-0.4, -0.2) is 52.9 Å². The fourth-order valence-electron chi connectivity index (χ4n) is 5.37. The summed E-state index contributed by atoms with van der Waals surface area (Å²) in [5.41, 5.74) is 0. The second-order valence-corrected chi connectivity index (χ2v) is 13.1. The average molecular weight is 967 g/mol. The van der Waals surface area contributed by atoms with Crippen molar-refractivity contribution in [1.82, 2.24) is 0 Å². The molecule has 0 atom stereocenters. The van der Waals surface area contributed by atoms with Gasteiger partial charge in [0.2, 0.25) is 0 Å². The zero-order valence-corrected chi connectivity index (χ0v) is 38.2. The Hall–Kier alpha value is 3.01. The second-order valence-electron chi connectivity index (χ2n) is 13.1. The third-order valence-electron chi connectivity index (χ3n) is 9.82. The van der Waals surface area contributed by atoms with Crippen LogP contribution in [0.4, 0.5) is 0 Å². The molecule has 3 aliphatic carbocycles. The van der Waals surface area contributed by atoms with Gasteiger partial charge in [0.15, 0.2) is 0 Å². The molecule has 7 rings (SSSR count). The summed E-state index contributed by atoms with van der Waals surface area (Å²) < 4.78 is 19.8. The summed E-state index contributed by atoms with van der Waals surface area (Å²) in [6.45, 7) is 30.0. The van der Waals surface area contributed by atoms with Crippen LogP contribution in [0.25, 0.3) is 0 Å². The van der Waals surface area contributed by atoms with Gasteiger partial charge in [0.25, 0.3) is 0 Å². The molecule has 0 aromatic rings. The van der Waals surface area contributed by atoms with Crippen LogP contribution in [0.2, 0.25) is 0 Å². The van der Waals surface area contributed by atoms with Gasteiger partial charge >= 0.3 is 0 Å². The Balaban J connectivity index is 0. The normalized spacial score (nSPS) is 24.8. The van der Waals surface area contributed by atoms with E-state index in [1.54, 1.807) is 0 Å². The van der Waals surface area contributed by atoms with E-state index in [1.807, 2.05) is 51.4 Å². The van der Waals surface area contributed by atoms with Gasteiger partial charge < -0.3 is 18.9 Å². The SMILES string of the molecule is C1CCOC1.C1CCOC1.C1CCOC1.C1CCOC1.C[C]1[C](C)[C](C)[C](C)[C]1C.C[C]1[C](C)[C](C)[C](C)[C]1C.[CH]1[CH][CH][CH][CH][CH][CH][CH]1.[Eu].[Eu]. The van der Waals surface area contributed by atoms with E-state index in [1.165, 1.54) is 111 Å². The summed E-state index contributed by atoms with van der Waals surface area (Å²) in [5, 5.41) is 0. The smallest absolute Gasteiger partial charge is 0.0466 e. The minimum absolute atomic E-state index is 0. The largest absolute Gasteiger partial charge is 0.381 e. The summed E-state index contributed by atoms with van der Waals surface area (Å²) in [6.07, 6.45) is 26.2. The number of rotatable bonds is 0. The number of hydrogen-bond donors (Lipinski definition) is 0. The molecule has 0 aromatic heterocycles. The van der Waals surface area contributed by atoms with E-state index in [-0.39, 0.29) is 98.8 Å². The summed E-state index contributed by atoms with van der Waals surface area (Å²) in [4.78, 5) is 0. The van der Waals surface area contributed by atoms with Crippen molar-refractivity contribution in [2.75, 3.05) is 52.9 Å². The van der Waals surface area contributed by atoms with Gasteiger partial charge in [-0.05, 0) is 162 Å². The molecular formula is C44H70Eu2O4. The molecule has 0 unspecified atom stereocenters. The van der Waals surface area contributed by atoms with Gasteiger partial charge in [0, 0.05) is 152 Å². The van der Waals surface area contributed by atoms with E-state index in [2.05, 4.69) is 69.2 Å². The van der Waals surface area contributed by atoms with Gasteiger partial charge in [0.05, 0.1) is 0 Å². The van der Waals surface area contributed by atoms with Gasteiger partial charge in [0.1, 0.15) is 0 Å². The molecule has 7 aliphatic rings. The van der Waals surface area contributed by atoms with E-state index in [0.29, 0.717) is 0 Å². The molecule has 50 heavy (non-hydrogen) atoms. The third kappa shape index (κ3) is 25.3. The van der Waals surface area contributed by atoms with E-state index in [9.17, 15) is 0 Å². The van der Waals surface area contributed by atoms with Crippen molar-refractivity contribution >= 4 is 0 Å². The van der Waals surface area contributed by atoms with Gasteiger partial charge in [-0.15, -0.1) is 0 Å². The Morgan fingerprint density at radius 1 is 0.240 bits per heavy atom. The summed E-state index contributed by atoms with van der Waals surface area (Å²) in [5.74, 6) is 14.7. The molecule has 0 aromatic carbocycles. The van der Waals surface area contributed by atoms with Crippen molar-refractivity contribution in [1.29, 1.82) is 0 Å². The maximum atomic E-state index is 4.94. The quantitative estimate of drug-likeness (QED) is 0.242. The first-order chi connectivity index (χ1) is 23.1. The fourth-order valence-corrected chi connectivity index (χ4v) is 5.37. The van der Waals surface area contributed by atoms with Crippen molar-refractivity contribution in [3.8, 4) is 0 Å². The first kappa shape index (κ1) is 55.1. The van der Waals surface area contributed by atoms with Crippen LogP contribution >= 0.6 is 0 Å². The Morgan fingerprint density at radius 2 is 0.340 bits per heavy atom. The molecule has 3 saturated carbocycles. The summed E-state index contributed by atoms with van der Waals surface area (Å²) in [7, 11) is 0. The van der Waals surface area contributed by atoms with Crippen molar-refractivity contribution < 1.29 is 118 Å². The van der Waals surface area contributed by atoms with Gasteiger partial charge in [-0.1, -0.05) is 69.2 Å². The molecule has 0 N–H and O–H groups in total.